The van der Waals surface area contributed by atoms with Crippen molar-refractivity contribution in [1.29, 1.82) is 0 Å². The highest BCUT2D eigenvalue weighted by Gasteiger charge is 2.14. The van der Waals surface area contributed by atoms with E-state index in [9.17, 15) is 9.59 Å². The Hall–Kier alpha value is -3.35. The lowest BCUT2D eigenvalue weighted by molar-refractivity contribution is 0.0602. The Morgan fingerprint density at radius 2 is 1.88 bits per heavy atom. The summed E-state index contributed by atoms with van der Waals surface area (Å²) in [5.41, 5.74) is 1.93. The average molecular weight is 325 g/mol. The fourth-order valence-electron chi connectivity index (χ4n) is 2.28. The molecule has 0 aliphatic carbocycles. The summed E-state index contributed by atoms with van der Waals surface area (Å²) < 4.78 is 9.87. The lowest BCUT2D eigenvalue weighted by Crippen LogP contribution is -2.29. The van der Waals surface area contributed by atoms with Gasteiger partial charge in [-0.25, -0.2) is 9.59 Å². The van der Waals surface area contributed by atoms with E-state index in [4.69, 9.17) is 9.26 Å². The van der Waals surface area contributed by atoms with E-state index < -0.39 is 12.0 Å². The van der Waals surface area contributed by atoms with Gasteiger partial charge in [-0.1, -0.05) is 29.4 Å². The van der Waals surface area contributed by atoms with Crippen LogP contribution in [0.15, 0.2) is 53.1 Å². The van der Waals surface area contributed by atoms with E-state index in [1.165, 1.54) is 7.11 Å². The number of benzene rings is 2. The van der Waals surface area contributed by atoms with Crippen molar-refractivity contribution < 1.29 is 18.8 Å². The monoisotopic (exact) mass is 325 g/mol. The molecule has 2 amide bonds. The van der Waals surface area contributed by atoms with Gasteiger partial charge >= 0.3 is 12.0 Å². The lowest BCUT2D eigenvalue weighted by Gasteiger charge is -2.10. The number of nitrogens with one attached hydrogen (secondary N) is 2. The summed E-state index contributed by atoms with van der Waals surface area (Å²) in [6.45, 7) is 0.198. The summed E-state index contributed by atoms with van der Waals surface area (Å²) in [5.74, 6) is -0.520. The number of urea groups is 1. The van der Waals surface area contributed by atoms with Crippen molar-refractivity contribution in [2.45, 2.75) is 6.54 Å². The normalized spacial score (nSPS) is 10.4. The maximum absolute atomic E-state index is 12.1. The third kappa shape index (κ3) is 3.19. The first-order valence-electron chi connectivity index (χ1n) is 7.24. The van der Waals surface area contributed by atoms with Crippen molar-refractivity contribution in [3.8, 4) is 0 Å². The molecule has 7 nitrogen and oxygen atoms in total. The molecular formula is C17H15N3O4. The number of carbonyl (C=O) groups excluding carboxylic acids is 2. The van der Waals surface area contributed by atoms with Crippen molar-refractivity contribution in [2.24, 2.45) is 0 Å². The minimum Gasteiger partial charge on any atom is -0.465 e. The minimum absolute atomic E-state index is 0.198. The second kappa shape index (κ2) is 6.82. The van der Waals surface area contributed by atoms with E-state index in [0.29, 0.717) is 17.0 Å². The first-order chi connectivity index (χ1) is 11.7. The van der Waals surface area contributed by atoms with Crippen LogP contribution in [0.5, 0.6) is 0 Å². The summed E-state index contributed by atoms with van der Waals surface area (Å²) in [5, 5.41) is 10.1. The molecule has 122 valence electrons. The number of para-hydroxylation sites is 2. The molecule has 3 aromatic rings. The number of ether oxygens (including phenoxy) is 1. The SMILES string of the molecule is COC(=O)c1ccccc1NC(=O)NCc1noc2ccccc12. The molecule has 3 rings (SSSR count). The van der Waals surface area contributed by atoms with Crippen LogP contribution in [-0.4, -0.2) is 24.3 Å². The van der Waals surface area contributed by atoms with Crippen LogP contribution < -0.4 is 10.6 Å². The highest BCUT2D eigenvalue weighted by molar-refractivity contribution is 6.00. The highest BCUT2D eigenvalue weighted by Crippen LogP contribution is 2.18. The number of esters is 1. The standard InChI is InChI=1S/C17H15N3O4/c1-23-16(21)12-7-2-4-8-13(12)19-17(22)18-10-14-11-6-3-5-9-15(11)24-20-14/h2-9H,10H2,1H3,(H2,18,19,22). The zero-order valence-corrected chi connectivity index (χ0v) is 12.9. The molecular weight excluding hydrogens is 310 g/mol. The molecule has 0 saturated heterocycles. The summed E-state index contributed by atoms with van der Waals surface area (Å²) >= 11 is 0. The Balaban J connectivity index is 1.67. The molecule has 2 aromatic carbocycles. The first kappa shape index (κ1) is 15.5. The zero-order chi connectivity index (χ0) is 16.9. The number of anilines is 1. The van der Waals surface area contributed by atoms with Gasteiger partial charge in [0.25, 0.3) is 0 Å². The smallest absolute Gasteiger partial charge is 0.339 e. The van der Waals surface area contributed by atoms with Gasteiger partial charge in [-0.15, -0.1) is 0 Å². The predicted octanol–water partition coefficient (Wildman–Crippen LogP) is 2.94. The number of nitrogens with zero attached hydrogens (tertiary/aromatic N) is 1. The number of hydrogen-bond donors (Lipinski definition) is 2. The van der Waals surface area contributed by atoms with Gasteiger partial charge in [0.05, 0.1) is 24.9 Å². The number of rotatable bonds is 4. The van der Waals surface area contributed by atoms with Gasteiger partial charge in [-0.3, -0.25) is 0 Å². The van der Waals surface area contributed by atoms with Crippen LogP contribution in [0.2, 0.25) is 0 Å². The Kier molecular flexibility index (Phi) is 4.42. The Morgan fingerprint density at radius 3 is 2.71 bits per heavy atom. The fraction of sp³-hybridized carbons (Fsp3) is 0.118. The van der Waals surface area contributed by atoms with Crippen molar-refractivity contribution in [3.05, 3.63) is 59.8 Å². The van der Waals surface area contributed by atoms with E-state index in [1.54, 1.807) is 30.3 Å². The topological polar surface area (TPSA) is 93.5 Å². The molecule has 0 fully saturated rings. The molecule has 0 radical (unpaired) electrons. The molecule has 7 heteroatoms. The molecule has 0 aliphatic heterocycles. The maximum atomic E-state index is 12.1. The van der Waals surface area contributed by atoms with Crippen LogP contribution in [-0.2, 0) is 11.3 Å². The number of fused-ring (bicyclic) bond motifs is 1. The second-order valence-electron chi connectivity index (χ2n) is 4.97. The van der Waals surface area contributed by atoms with Crippen LogP contribution in [0.4, 0.5) is 10.5 Å². The van der Waals surface area contributed by atoms with E-state index >= 15 is 0 Å². The van der Waals surface area contributed by atoms with Crippen LogP contribution in [0.3, 0.4) is 0 Å². The van der Waals surface area contributed by atoms with E-state index in [2.05, 4.69) is 15.8 Å². The zero-order valence-electron chi connectivity index (χ0n) is 12.9. The molecule has 2 N–H and O–H groups in total. The third-order valence-electron chi connectivity index (χ3n) is 3.45. The van der Waals surface area contributed by atoms with Gasteiger partial charge in [0.1, 0.15) is 5.69 Å². The summed E-state index contributed by atoms with van der Waals surface area (Å²) in [6.07, 6.45) is 0. The van der Waals surface area contributed by atoms with E-state index in [0.717, 1.165) is 5.39 Å². The van der Waals surface area contributed by atoms with Crippen molar-refractivity contribution in [1.82, 2.24) is 10.5 Å². The molecule has 24 heavy (non-hydrogen) atoms. The lowest BCUT2D eigenvalue weighted by atomic mass is 10.2. The van der Waals surface area contributed by atoms with Crippen molar-refractivity contribution in [3.63, 3.8) is 0 Å². The summed E-state index contributed by atoms with van der Waals surface area (Å²) in [6, 6.07) is 13.5. The summed E-state index contributed by atoms with van der Waals surface area (Å²) in [4.78, 5) is 23.8. The molecule has 1 heterocycles. The Bertz CT molecular complexity index is 888. The molecule has 0 spiro atoms. The Labute approximate surface area is 137 Å². The van der Waals surface area contributed by atoms with Gasteiger partial charge in [-0.05, 0) is 24.3 Å². The van der Waals surface area contributed by atoms with Crippen molar-refractivity contribution >= 4 is 28.7 Å². The van der Waals surface area contributed by atoms with E-state index in [1.807, 2.05) is 18.2 Å². The van der Waals surface area contributed by atoms with Crippen LogP contribution in [0, 0.1) is 0 Å². The molecule has 0 unspecified atom stereocenters. The molecule has 0 bridgehead atoms. The third-order valence-corrected chi connectivity index (χ3v) is 3.45. The van der Waals surface area contributed by atoms with E-state index in [-0.39, 0.29) is 12.1 Å². The number of methoxy groups -OCH3 is 1. The second-order valence-corrected chi connectivity index (χ2v) is 4.97. The quantitative estimate of drug-likeness (QED) is 0.719. The molecule has 0 saturated carbocycles. The average Bonchev–Trinajstić information content (AvgIpc) is 3.03. The molecule has 0 aliphatic rings. The highest BCUT2D eigenvalue weighted by atomic mass is 16.5. The number of hydrogen-bond acceptors (Lipinski definition) is 5. The predicted molar refractivity (Wildman–Crippen MR) is 87.6 cm³/mol. The minimum atomic E-state index is -0.520. The van der Waals surface area contributed by atoms with Gasteiger partial charge in [0.2, 0.25) is 0 Å². The van der Waals surface area contributed by atoms with Crippen molar-refractivity contribution in [2.75, 3.05) is 12.4 Å². The number of carbonyl (C=O) groups is 2. The number of amides is 2. The summed E-state index contributed by atoms with van der Waals surface area (Å²) in [7, 11) is 1.29. The van der Waals surface area contributed by atoms with Crippen LogP contribution in [0.25, 0.3) is 11.0 Å². The van der Waals surface area contributed by atoms with Gasteiger partial charge in [0.15, 0.2) is 5.58 Å². The molecule has 0 atom stereocenters. The van der Waals surface area contributed by atoms with Crippen LogP contribution in [0.1, 0.15) is 16.1 Å². The van der Waals surface area contributed by atoms with Gasteiger partial charge in [-0.2, -0.15) is 0 Å². The van der Waals surface area contributed by atoms with Crippen LogP contribution >= 0.6 is 0 Å². The fourth-order valence-corrected chi connectivity index (χ4v) is 2.28. The Morgan fingerprint density at radius 1 is 1.12 bits per heavy atom. The van der Waals surface area contributed by atoms with Gasteiger partial charge in [0, 0.05) is 5.39 Å². The van der Waals surface area contributed by atoms with Gasteiger partial charge < -0.3 is 19.9 Å². The number of aromatic nitrogens is 1. The molecule has 1 aromatic heterocycles. The maximum Gasteiger partial charge on any atom is 0.339 e. The first-order valence-corrected chi connectivity index (χ1v) is 7.24. The largest absolute Gasteiger partial charge is 0.465 e.